The summed E-state index contributed by atoms with van der Waals surface area (Å²) in [7, 11) is 0. The zero-order chi connectivity index (χ0) is 14.7. The SMILES string of the molecule is O[C@](CCCC1CC1)(c1cccc(F)c1)[C@@H]1CCCNC1. The minimum atomic E-state index is -0.885. The van der Waals surface area contributed by atoms with E-state index in [0.717, 1.165) is 50.3 Å². The van der Waals surface area contributed by atoms with Gasteiger partial charge in [0.25, 0.3) is 0 Å². The minimum Gasteiger partial charge on any atom is -0.385 e. The molecule has 0 bridgehead atoms. The first-order valence-corrected chi connectivity index (χ1v) is 8.37. The van der Waals surface area contributed by atoms with Gasteiger partial charge in [0, 0.05) is 12.5 Å². The first kappa shape index (κ1) is 15.0. The second kappa shape index (κ2) is 6.45. The fourth-order valence-corrected chi connectivity index (χ4v) is 3.67. The van der Waals surface area contributed by atoms with Gasteiger partial charge < -0.3 is 10.4 Å². The molecule has 2 fully saturated rings. The van der Waals surface area contributed by atoms with Crippen LogP contribution in [0.1, 0.15) is 50.5 Å². The second-order valence-corrected chi connectivity index (χ2v) is 6.81. The van der Waals surface area contributed by atoms with Crippen LogP contribution in [0.15, 0.2) is 24.3 Å². The highest BCUT2D eigenvalue weighted by molar-refractivity contribution is 5.24. The van der Waals surface area contributed by atoms with Crippen molar-refractivity contribution in [3.63, 3.8) is 0 Å². The van der Waals surface area contributed by atoms with Crippen molar-refractivity contribution in [2.24, 2.45) is 11.8 Å². The van der Waals surface area contributed by atoms with Crippen molar-refractivity contribution in [3.8, 4) is 0 Å². The van der Waals surface area contributed by atoms with E-state index in [2.05, 4.69) is 5.32 Å². The number of aliphatic hydroxyl groups is 1. The average Bonchev–Trinajstić information content (AvgIpc) is 3.32. The molecule has 0 spiro atoms. The molecule has 1 aromatic carbocycles. The van der Waals surface area contributed by atoms with Crippen LogP contribution in [0.2, 0.25) is 0 Å². The molecular formula is C18H26FNO. The van der Waals surface area contributed by atoms with E-state index < -0.39 is 5.60 Å². The normalized spacial score (nSPS) is 25.5. The molecule has 1 saturated heterocycles. The molecule has 2 nitrogen and oxygen atoms in total. The molecule has 0 aromatic heterocycles. The molecule has 1 aromatic rings. The first-order valence-electron chi connectivity index (χ1n) is 8.37. The number of hydrogen-bond donors (Lipinski definition) is 2. The zero-order valence-electron chi connectivity index (χ0n) is 12.7. The Bertz CT molecular complexity index is 468. The molecule has 0 radical (unpaired) electrons. The molecule has 21 heavy (non-hydrogen) atoms. The van der Waals surface area contributed by atoms with Gasteiger partial charge in [-0.1, -0.05) is 31.4 Å². The van der Waals surface area contributed by atoms with Crippen molar-refractivity contribution in [2.75, 3.05) is 13.1 Å². The van der Waals surface area contributed by atoms with Gasteiger partial charge >= 0.3 is 0 Å². The molecule has 1 aliphatic carbocycles. The maximum absolute atomic E-state index is 13.6. The lowest BCUT2D eigenvalue weighted by atomic mass is 9.74. The van der Waals surface area contributed by atoms with Crippen LogP contribution in [-0.4, -0.2) is 18.2 Å². The molecule has 1 heterocycles. The largest absolute Gasteiger partial charge is 0.385 e. The number of rotatable bonds is 6. The quantitative estimate of drug-likeness (QED) is 0.839. The maximum atomic E-state index is 13.6. The lowest BCUT2D eigenvalue weighted by Crippen LogP contribution is -2.44. The summed E-state index contributed by atoms with van der Waals surface area (Å²) in [4.78, 5) is 0. The van der Waals surface area contributed by atoms with Crippen LogP contribution in [0.5, 0.6) is 0 Å². The molecule has 1 saturated carbocycles. The number of hydrogen-bond acceptors (Lipinski definition) is 2. The summed E-state index contributed by atoms with van der Waals surface area (Å²) >= 11 is 0. The molecule has 116 valence electrons. The molecule has 3 rings (SSSR count). The van der Waals surface area contributed by atoms with E-state index in [9.17, 15) is 9.50 Å². The van der Waals surface area contributed by atoms with Crippen LogP contribution in [-0.2, 0) is 5.60 Å². The van der Waals surface area contributed by atoms with Gasteiger partial charge in [-0.2, -0.15) is 0 Å². The number of halogens is 1. The van der Waals surface area contributed by atoms with Gasteiger partial charge in [-0.15, -0.1) is 0 Å². The van der Waals surface area contributed by atoms with E-state index in [1.807, 2.05) is 6.07 Å². The summed E-state index contributed by atoms with van der Waals surface area (Å²) in [5.41, 5.74) is -0.128. The predicted octanol–water partition coefficient (Wildman–Crippen LogP) is 3.59. The van der Waals surface area contributed by atoms with Gasteiger partial charge in [-0.05, 0) is 55.8 Å². The summed E-state index contributed by atoms with van der Waals surface area (Å²) in [6.07, 6.45) is 7.80. The van der Waals surface area contributed by atoms with E-state index in [1.54, 1.807) is 6.07 Å². The van der Waals surface area contributed by atoms with Crippen molar-refractivity contribution in [1.82, 2.24) is 5.32 Å². The van der Waals surface area contributed by atoms with Crippen molar-refractivity contribution < 1.29 is 9.50 Å². The summed E-state index contributed by atoms with van der Waals surface area (Å²) in [6.45, 7) is 1.86. The highest BCUT2D eigenvalue weighted by Gasteiger charge is 2.39. The Morgan fingerprint density at radius 2 is 2.14 bits per heavy atom. The molecule has 2 aliphatic rings. The topological polar surface area (TPSA) is 32.3 Å². The lowest BCUT2D eigenvalue weighted by Gasteiger charge is -2.39. The minimum absolute atomic E-state index is 0.187. The molecule has 0 amide bonds. The van der Waals surface area contributed by atoms with Crippen LogP contribution in [0.4, 0.5) is 4.39 Å². The molecule has 0 unspecified atom stereocenters. The molecular weight excluding hydrogens is 265 g/mol. The maximum Gasteiger partial charge on any atom is 0.123 e. The van der Waals surface area contributed by atoms with Gasteiger partial charge in [-0.3, -0.25) is 0 Å². The van der Waals surface area contributed by atoms with E-state index in [4.69, 9.17) is 0 Å². The van der Waals surface area contributed by atoms with Crippen LogP contribution in [0.3, 0.4) is 0 Å². The number of benzene rings is 1. The molecule has 3 heteroatoms. The van der Waals surface area contributed by atoms with Crippen molar-refractivity contribution in [1.29, 1.82) is 0 Å². The van der Waals surface area contributed by atoms with Gasteiger partial charge in [0.15, 0.2) is 0 Å². The lowest BCUT2D eigenvalue weighted by molar-refractivity contribution is -0.0430. The molecule has 2 atom stereocenters. The molecule has 1 aliphatic heterocycles. The van der Waals surface area contributed by atoms with Crippen molar-refractivity contribution in [2.45, 2.75) is 50.5 Å². The number of piperidine rings is 1. The summed E-state index contributed by atoms with van der Waals surface area (Å²) in [5, 5.41) is 14.7. The fourth-order valence-electron chi connectivity index (χ4n) is 3.67. The Balaban J connectivity index is 1.77. The van der Waals surface area contributed by atoms with E-state index in [0.29, 0.717) is 0 Å². The Kier molecular flexibility index (Phi) is 4.60. The van der Waals surface area contributed by atoms with Crippen LogP contribution < -0.4 is 5.32 Å². The zero-order valence-corrected chi connectivity index (χ0v) is 12.7. The second-order valence-electron chi connectivity index (χ2n) is 6.81. The van der Waals surface area contributed by atoms with Crippen LogP contribution >= 0.6 is 0 Å². The van der Waals surface area contributed by atoms with Gasteiger partial charge in [0.1, 0.15) is 5.82 Å². The predicted molar refractivity (Wildman–Crippen MR) is 82.5 cm³/mol. The summed E-state index contributed by atoms with van der Waals surface area (Å²) in [5.74, 6) is 0.815. The van der Waals surface area contributed by atoms with E-state index in [-0.39, 0.29) is 11.7 Å². The van der Waals surface area contributed by atoms with Gasteiger partial charge in [0.2, 0.25) is 0 Å². The Morgan fingerprint density at radius 1 is 1.29 bits per heavy atom. The van der Waals surface area contributed by atoms with Crippen LogP contribution in [0, 0.1) is 17.7 Å². The highest BCUT2D eigenvalue weighted by Crippen LogP contribution is 2.41. The third-order valence-electron chi connectivity index (χ3n) is 5.16. The Labute approximate surface area is 126 Å². The standard InChI is InChI=1S/C18H26FNO/c19-17-7-1-5-15(12-17)18(21,10-2-4-14-8-9-14)16-6-3-11-20-13-16/h1,5,7,12,14,16,20-21H,2-4,6,8-11,13H2/t16-,18-/m1/s1. The Hall–Kier alpha value is -0.930. The monoisotopic (exact) mass is 291 g/mol. The third kappa shape index (κ3) is 3.64. The Morgan fingerprint density at radius 3 is 2.81 bits per heavy atom. The van der Waals surface area contributed by atoms with Gasteiger partial charge in [-0.25, -0.2) is 4.39 Å². The fraction of sp³-hybridized carbons (Fsp3) is 0.667. The smallest absolute Gasteiger partial charge is 0.123 e. The van der Waals surface area contributed by atoms with Crippen molar-refractivity contribution >= 4 is 0 Å². The van der Waals surface area contributed by atoms with E-state index in [1.165, 1.54) is 31.4 Å². The number of nitrogens with one attached hydrogen (secondary N) is 1. The summed E-state index contributed by atoms with van der Waals surface area (Å²) in [6, 6.07) is 6.57. The average molecular weight is 291 g/mol. The molecule has 2 N–H and O–H groups in total. The van der Waals surface area contributed by atoms with Crippen LogP contribution in [0.25, 0.3) is 0 Å². The van der Waals surface area contributed by atoms with E-state index >= 15 is 0 Å². The summed E-state index contributed by atoms with van der Waals surface area (Å²) < 4.78 is 13.6. The third-order valence-corrected chi connectivity index (χ3v) is 5.16. The highest BCUT2D eigenvalue weighted by atomic mass is 19.1. The van der Waals surface area contributed by atoms with Gasteiger partial charge in [0.05, 0.1) is 5.60 Å². The first-order chi connectivity index (χ1) is 10.2. The van der Waals surface area contributed by atoms with Crippen molar-refractivity contribution in [3.05, 3.63) is 35.6 Å².